The summed E-state index contributed by atoms with van der Waals surface area (Å²) in [4.78, 5) is 11.8. The van der Waals surface area contributed by atoms with E-state index in [0.717, 1.165) is 6.42 Å². The lowest BCUT2D eigenvalue weighted by Crippen LogP contribution is -2.10. The average Bonchev–Trinajstić information content (AvgIpc) is 3.21. The standard InChI is InChI=1S/C15H20O3/c1-2-3-4-6-12-7-5-8-13(9-12)15(16)18-11-14-10-17-14/h5,7-9,14H,2-4,6,10-11H2,1H3. The van der Waals surface area contributed by atoms with Gasteiger partial charge in [-0.05, 0) is 30.5 Å². The topological polar surface area (TPSA) is 38.8 Å². The summed E-state index contributed by atoms with van der Waals surface area (Å²) in [6.07, 6.45) is 4.77. The van der Waals surface area contributed by atoms with Crippen LogP contribution >= 0.6 is 0 Å². The van der Waals surface area contributed by atoms with Gasteiger partial charge in [0.05, 0.1) is 12.2 Å². The van der Waals surface area contributed by atoms with Gasteiger partial charge in [0, 0.05) is 0 Å². The number of ether oxygens (including phenoxy) is 2. The Kier molecular flexibility index (Phi) is 4.76. The average molecular weight is 248 g/mol. The second-order valence-electron chi connectivity index (χ2n) is 4.71. The molecule has 0 radical (unpaired) electrons. The van der Waals surface area contributed by atoms with E-state index in [1.807, 2.05) is 12.1 Å². The number of rotatable bonds is 7. The number of carbonyl (C=O) groups excluding carboxylic acids is 1. The Balaban J connectivity index is 1.86. The van der Waals surface area contributed by atoms with Crippen molar-refractivity contribution in [2.24, 2.45) is 0 Å². The van der Waals surface area contributed by atoms with Crippen molar-refractivity contribution in [2.45, 2.75) is 38.7 Å². The Hall–Kier alpha value is -1.35. The quantitative estimate of drug-likeness (QED) is 0.423. The van der Waals surface area contributed by atoms with Crippen molar-refractivity contribution in [3.05, 3.63) is 35.4 Å². The molecule has 1 atom stereocenters. The predicted molar refractivity (Wildman–Crippen MR) is 69.7 cm³/mol. The molecule has 1 aromatic rings. The van der Waals surface area contributed by atoms with Gasteiger partial charge in [-0.3, -0.25) is 0 Å². The zero-order chi connectivity index (χ0) is 12.8. The first-order valence-electron chi connectivity index (χ1n) is 6.67. The van der Waals surface area contributed by atoms with E-state index in [9.17, 15) is 4.79 Å². The largest absolute Gasteiger partial charge is 0.459 e. The summed E-state index contributed by atoms with van der Waals surface area (Å²) in [5.41, 5.74) is 1.85. The Morgan fingerprint density at radius 1 is 1.44 bits per heavy atom. The smallest absolute Gasteiger partial charge is 0.338 e. The number of hydrogen-bond acceptors (Lipinski definition) is 3. The highest BCUT2D eigenvalue weighted by molar-refractivity contribution is 5.89. The Morgan fingerprint density at radius 2 is 2.28 bits per heavy atom. The van der Waals surface area contributed by atoms with E-state index in [-0.39, 0.29) is 12.1 Å². The summed E-state index contributed by atoms with van der Waals surface area (Å²) in [5.74, 6) is -0.247. The van der Waals surface area contributed by atoms with Crippen LogP contribution < -0.4 is 0 Å². The van der Waals surface area contributed by atoms with Gasteiger partial charge in [-0.15, -0.1) is 0 Å². The summed E-state index contributed by atoms with van der Waals surface area (Å²) >= 11 is 0. The minimum Gasteiger partial charge on any atom is -0.459 e. The number of unbranched alkanes of at least 4 members (excludes halogenated alkanes) is 2. The molecular formula is C15H20O3. The summed E-state index contributed by atoms with van der Waals surface area (Å²) in [6, 6.07) is 7.73. The van der Waals surface area contributed by atoms with E-state index in [4.69, 9.17) is 9.47 Å². The molecule has 0 aromatic heterocycles. The van der Waals surface area contributed by atoms with Gasteiger partial charge in [-0.1, -0.05) is 31.9 Å². The molecular weight excluding hydrogens is 228 g/mol. The van der Waals surface area contributed by atoms with Crippen LogP contribution in [0.4, 0.5) is 0 Å². The fraction of sp³-hybridized carbons (Fsp3) is 0.533. The zero-order valence-corrected chi connectivity index (χ0v) is 10.9. The van der Waals surface area contributed by atoms with Gasteiger partial charge in [0.1, 0.15) is 12.7 Å². The second kappa shape index (κ2) is 6.55. The molecule has 1 saturated heterocycles. The minimum absolute atomic E-state index is 0.127. The number of aryl methyl sites for hydroxylation is 1. The van der Waals surface area contributed by atoms with Gasteiger partial charge in [0.15, 0.2) is 0 Å². The van der Waals surface area contributed by atoms with Crippen molar-refractivity contribution < 1.29 is 14.3 Å². The van der Waals surface area contributed by atoms with Crippen molar-refractivity contribution in [1.29, 1.82) is 0 Å². The number of esters is 1. The van der Waals surface area contributed by atoms with Crippen molar-refractivity contribution >= 4 is 5.97 Å². The fourth-order valence-corrected chi connectivity index (χ4v) is 1.85. The van der Waals surface area contributed by atoms with Crippen LogP contribution in [0.1, 0.15) is 42.1 Å². The lowest BCUT2D eigenvalue weighted by Gasteiger charge is -2.05. The Morgan fingerprint density at radius 3 is 3.00 bits per heavy atom. The maximum absolute atomic E-state index is 11.8. The third kappa shape index (κ3) is 4.15. The maximum Gasteiger partial charge on any atom is 0.338 e. The van der Waals surface area contributed by atoms with Crippen LogP contribution in [0.2, 0.25) is 0 Å². The molecule has 1 aliphatic rings. The second-order valence-corrected chi connectivity index (χ2v) is 4.71. The first kappa shape index (κ1) is 13.1. The molecule has 3 heteroatoms. The van der Waals surface area contributed by atoms with Crippen LogP contribution in [0.3, 0.4) is 0 Å². The van der Waals surface area contributed by atoms with E-state index < -0.39 is 0 Å². The molecule has 3 nitrogen and oxygen atoms in total. The highest BCUT2D eigenvalue weighted by atomic mass is 16.6. The molecule has 1 unspecified atom stereocenters. The highest BCUT2D eigenvalue weighted by Crippen LogP contribution is 2.13. The molecule has 18 heavy (non-hydrogen) atoms. The van der Waals surface area contributed by atoms with Crippen molar-refractivity contribution in [1.82, 2.24) is 0 Å². The van der Waals surface area contributed by atoms with Crippen molar-refractivity contribution in [3.63, 3.8) is 0 Å². The molecule has 0 saturated carbocycles. The van der Waals surface area contributed by atoms with Crippen LogP contribution in [-0.2, 0) is 15.9 Å². The monoisotopic (exact) mass is 248 g/mol. The molecule has 1 aliphatic heterocycles. The molecule has 2 rings (SSSR count). The lowest BCUT2D eigenvalue weighted by atomic mass is 10.0. The van der Waals surface area contributed by atoms with Gasteiger partial charge in [0.25, 0.3) is 0 Å². The van der Waals surface area contributed by atoms with Crippen LogP contribution in [0.25, 0.3) is 0 Å². The highest BCUT2D eigenvalue weighted by Gasteiger charge is 2.24. The molecule has 0 amide bonds. The van der Waals surface area contributed by atoms with Gasteiger partial charge >= 0.3 is 5.97 Å². The third-order valence-corrected chi connectivity index (χ3v) is 3.03. The van der Waals surface area contributed by atoms with E-state index in [0.29, 0.717) is 18.8 Å². The van der Waals surface area contributed by atoms with Crippen molar-refractivity contribution in [2.75, 3.05) is 13.2 Å². The molecule has 1 aromatic carbocycles. The van der Waals surface area contributed by atoms with Crippen LogP contribution in [-0.4, -0.2) is 25.3 Å². The third-order valence-electron chi connectivity index (χ3n) is 3.03. The molecule has 0 aliphatic carbocycles. The van der Waals surface area contributed by atoms with E-state index in [2.05, 4.69) is 13.0 Å². The van der Waals surface area contributed by atoms with Gasteiger partial charge < -0.3 is 9.47 Å². The normalized spacial score (nSPS) is 17.5. The predicted octanol–water partition coefficient (Wildman–Crippen LogP) is 2.97. The van der Waals surface area contributed by atoms with E-state index >= 15 is 0 Å². The summed E-state index contributed by atoms with van der Waals surface area (Å²) < 4.78 is 10.2. The summed E-state index contributed by atoms with van der Waals surface area (Å²) in [7, 11) is 0. The van der Waals surface area contributed by atoms with Crippen LogP contribution in [0.5, 0.6) is 0 Å². The van der Waals surface area contributed by atoms with Gasteiger partial charge in [0.2, 0.25) is 0 Å². The molecule has 0 spiro atoms. The fourth-order valence-electron chi connectivity index (χ4n) is 1.85. The van der Waals surface area contributed by atoms with E-state index in [1.54, 1.807) is 6.07 Å². The first-order valence-corrected chi connectivity index (χ1v) is 6.67. The van der Waals surface area contributed by atoms with Crippen LogP contribution in [0.15, 0.2) is 24.3 Å². The number of epoxide rings is 1. The van der Waals surface area contributed by atoms with Crippen molar-refractivity contribution in [3.8, 4) is 0 Å². The Labute approximate surface area is 108 Å². The van der Waals surface area contributed by atoms with Crippen LogP contribution in [0, 0.1) is 0 Å². The summed E-state index contributed by atoms with van der Waals surface area (Å²) in [5, 5.41) is 0. The SMILES string of the molecule is CCCCCc1cccc(C(=O)OCC2CO2)c1. The molecule has 1 heterocycles. The Bertz CT molecular complexity index is 396. The van der Waals surface area contributed by atoms with Gasteiger partial charge in [-0.25, -0.2) is 4.79 Å². The van der Waals surface area contributed by atoms with Gasteiger partial charge in [-0.2, -0.15) is 0 Å². The minimum atomic E-state index is -0.247. The maximum atomic E-state index is 11.8. The molecule has 0 N–H and O–H groups in total. The molecule has 0 bridgehead atoms. The van der Waals surface area contributed by atoms with E-state index in [1.165, 1.54) is 24.8 Å². The zero-order valence-electron chi connectivity index (χ0n) is 10.9. The number of carbonyl (C=O) groups is 1. The summed E-state index contributed by atoms with van der Waals surface area (Å²) in [6.45, 7) is 3.27. The first-order chi connectivity index (χ1) is 8.79. The number of hydrogen-bond donors (Lipinski definition) is 0. The molecule has 1 fully saturated rings. The number of benzene rings is 1. The lowest BCUT2D eigenvalue weighted by molar-refractivity contribution is 0.0476. The molecule has 98 valence electrons.